The van der Waals surface area contributed by atoms with Crippen molar-refractivity contribution in [1.29, 1.82) is 0 Å². The number of hydrogen-bond acceptors (Lipinski definition) is 2. The molecule has 0 aromatic heterocycles. The molecule has 0 spiro atoms. The lowest BCUT2D eigenvalue weighted by Gasteiger charge is -2.29. The van der Waals surface area contributed by atoms with E-state index in [1.807, 2.05) is 13.8 Å². The highest BCUT2D eigenvalue weighted by atomic mass is 16.4. The van der Waals surface area contributed by atoms with Gasteiger partial charge in [0.1, 0.15) is 0 Å². The minimum atomic E-state index is -0.852. The standard InChI is InChI=1S/C8H16O3/c1-6(2)8(3,5-9)4-7(10)11/h6,9H,4-5H2,1-3H3,(H,10,11). The third-order valence-corrected chi connectivity index (χ3v) is 2.31. The predicted molar refractivity (Wildman–Crippen MR) is 42.3 cm³/mol. The average Bonchev–Trinajstić information content (AvgIpc) is 1.86. The Labute approximate surface area is 67.0 Å². The molecule has 0 aliphatic rings. The van der Waals surface area contributed by atoms with E-state index in [1.54, 1.807) is 6.92 Å². The molecule has 3 nitrogen and oxygen atoms in total. The van der Waals surface area contributed by atoms with Crippen molar-refractivity contribution in [2.45, 2.75) is 27.2 Å². The van der Waals surface area contributed by atoms with Crippen molar-refractivity contribution in [3.05, 3.63) is 0 Å². The van der Waals surface area contributed by atoms with Gasteiger partial charge in [0.2, 0.25) is 0 Å². The van der Waals surface area contributed by atoms with Crippen LogP contribution in [0.2, 0.25) is 0 Å². The van der Waals surface area contributed by atoms with Gasteiger partial charge in [-0.15, -0.1) is 0 Å². The summed E-state index contributed by atoms with van der Waals surface area (Å²) in [6.45, 7) is 5.54. The first kappa shape index (κ1) is 10.4. The predicted octanol–water partition coefficient (Wildman–Crippen LogP) is 1.12. The molecule has 0 radical (unpaired) electrons. The Morgan fingerprint density at radius 3 is 2.09 bits per heavy atom. The smallest absolute Gasteiger partial charge is 0.303 e. The lowest BCUT2D eigenvalue weighted by molar-refractivity contribution is -0.141. The van der Waals surface area contributed by atoms with Crippen molar-refractivity contribution in [2.75, 3.05) is 6.61 Å². The first-order chi connectivity index (χ1) is 4.92. The van der Waals surface area contributed by atoms with Gasteiger partial charge in [-0.1, -0.05) is 20.8 Å². The number of hydrogen-bond donors (Lipinski definition) is 2. The molecule has 3 heteroatoms. The van der Waals surface area contributed by atoms with Gasteiger partial charge in [-0.05, 0) is 5.92 Å². The van der Waals surface area contributed by atoms with Crippen LogP contribution in [0.1, 0.15) is 27.2 Å². The van der Waals surface area contributed by atoms with Gasteiger partial charge in [0, 0.05) is 12.0 Å². The molecule has 0 bridgehead atoms. The van der Waals surface area contributed by atoms with Crippen molar-refractivity contribution in [1.82, 2.24) is 0 Å². The molecule has 0 aliphatic carbocycles. The van der Waals surface area contributed by atoms with Crippen LogP contribution in [0.15, 0.2) is 0 Å². The maximum absolute atomic E-state index is 10.4. The summed E-state index contributed by atoms with van der Waals surface area (Å²) in [5.41, 5.74) is -0.480. The molecule has 1 atom stereocenters. The fraction of sp³-hybridized carbons (Fsp3) is 0.875. The summed E-state index contributed by atoms with van der Waals surface area (Å²) in [6.07, 6.45) is 0.0289. The van der Waals surface area contributed by atoms with Crippen LogP contribution in [0, 0.1) is 11.3 Å². The number of aliphatic hydroxyl groups is 1. The van der Waals surface area contributed by atoms with Gasteiger partial charge in [-0.25, -0.2) is 0 Å². The molecule has 0 saturated heterocycles. The maximum atomic E-state index is 10.4. The number of carboxylic acid groups (broad SMARTS) is 1. The van der Waals surface area contributed by atoms with Crippen LogP contribution in [0.25, 0.3) is 0 Å². The molecule has 0 heterocycles. The molecule has 0 aliphatic heterocycles. The van der Waals surface area contributed by atoms with E-state index in [0.29, 0.717) is 0 Å². The van der Waals surface area contributed by atoms with Crippen molar-refractivity contribution in [3.63, 3.8) is 0 Å². The second-order valence-corrected chi connectivity index (χ2v) is 3.54. The van der Waals surface area contributed by atoms with Crippen LogP contribution in [0.5, 0.6) is 0 Å². The Morgan fingerprint density at radius 2 is 2.00 bits per heavy atom. The summed E-state index contributed by atoms with van der Waals surface area (Å²) in [5.74, 6) is -0.668. The van der Waals surface area contributed by atoms with Crippen LogP contribution in [0.4, 0.5) is 0 Å². The van der Waals surface area contributed by atoms with E-state index in [4.69, 9.17) is 10.2 Å². The van der Waals surface area contributed by atoms with Gasteiger partial charge in [0.25, 0.3) is 0 Å². The van der Waals surface area contributed by atoms with Gasteiger partial charge in [0.15, 0.2) is 0 Å². The number of rotatable bonds is 4. The van der Waals surface area contributed by atoms with E-state index >= 15 is 0 Å². The molecule has 0 aromatic carbocycles. The van der Waals surface area contributed by atoms with Gasteiger partial charge in [0.05, 0.1) is 6.42 Å². The van der Waals surface area contributed by atoms with Gasteiger partial charge in [-0.3, -0.25) is 4.79 Å². The lowest BCUT2D eigenvalue weighted by Crippen LogP contribution is -2.30. The first-order valence-corrected chi connectivity index (χ1v) is 3.75. The summed E-state index contributed by atoms with van der Waals surface area (Å²) >= 11 is 0. The molecule has 11 heavy (non-hydrogen) atoms. The highest BCUT2D eigenvalue weighted by Gasteiger charge is 2.30. The molecule has 0 saturated carbocycles. The van der Waals surface area contributed by atoms with Gasteiger partial charge >= 0.3 is 5.97 Å². The molecule has 0 fully saturated rings. The molecular weight excluding hydrogens is 144 g/mol. The number of carboxylic acids is 1. The second kappa shape index (κ2) is 3.72. The summed E-state index contributed by atoms with van der Waals surface area (Å²) in [4.78, 5) is 10.4. The summed E-state index contributed by atoms with van der Waals surface area (Å²) in [6, 6.07) is 0. The van der Waals surface area contributed by atoms with Crippen molar-refractivity contribution >= 4 is 5.97 Å². The van der Waals surface area contributed by atoms with Crippen LogP contribution >= 0.6 is 0 Å². The minimum absolute atomic E-state index is 0.0289. The first-order valence-electron chi connectivity index (χ1n) is 3.75. The van der Waals surface area contributed by atoms with Crippen LogP contribution < -0.4 is 0 Å². The topological polar surface area (TPSA) is 57.5 Å². The molecule has 0 aromatic rings. The lowest BCUT2D eigenvalue weighted by atomic mass is 9.77. The van der Waals surface area contributed by atoms with Crippen molar-refractivity contribution in [3.8, 4) is 0 Å². The summed E-state index contributed by atoms with van der Waals surface area (Å²) in [7, 11) is 0. The zero-order valence-electron chi connectivity index (χ0n) is 7.29. The SMILES string of the molecule is CC(C)C(C)(CO)CC(=O)O. The Kier molecular flexibility index (Phi) is 3.52. The molecular formula is C8H16O3. The third kappa shape index (κ3) is 2.89. The van der Waals surface area contributed by atoms with Gasteiger partial charge in [-0.2, -0.15) is 0 Å². The fourth-order valence-corrected chi connectivity index (χ4v) is 0.788. The summed E-state index contributed by atoms with van der Waals surface area (Å²) in [5, 5.41) is 17.5. The van der Waals surface area contributed by atoms with Gasteiger partial charge < -0.3 is 10.2 Å². The Balaban J connectivity index is 4.22. The zero-order valence-corrected chi connectivity index (χ0v) is 7.29. The van der Waals surface area contributed by atoms with E-state index in [-0.39, 0.29) is 18.9 Å². The van der Waals surface area contributed by atoms with E-state index in [9.17, 15) is 4.79 Å². The fourth-order valence-electron chi connectivity index (χ4n) is 0.788. The van der Waals surface area contributed by atoms with Crippen LogP contribution in [-0.2, 0) is 4.79 Å². The van der Waals surface area contributed by atoms with Crippen molar-refractivity contribution in [2.24, 2.45) is 11.3 Å². The van der Waals surface area contributed by atoms with E-state index in [0.717, 1.165) is 0 Å². The normalized spacial score (nSPS) is 16.5. The van der Waals surface area contributed by atoms with E-state index in [1.165, 1.54) is 0 Å². The highest BCUT2D eigenvalue weighted by molar-refractivity contribution is 5.67. The monoisotopic (exact) mass is 160 g/mol. The maximum Gasteiger partial charge on any atom is 0.303 e. The Bertz CT molecular complexity index is 142. The van der Waals surface area contributed by atoms with Crippen molar-refractivity contribution < 1.29 is 15.0 Å². The van der Waals surface area contributed by atoms with E-state index in [2.05, 4.69) is 0 Å². The second-order valence-electron chi connectivity index (χ2n) is 3.54. The molecule has 0 amide bonds. The Hall–Kier alpha value is -0.570. The quantitative estimate of drug-likeness (QED) is 0.647. The number of aliphatic hydroxyl groups excluding tert-OH is 1. The van der Waals surface area contributed by atoms with Crippen LogP contribution in [-0.4, -0.2) is 22.8 Å². The van der Waals surface area contributed by atoms with Crippen LogP contribution in [0.3, 0.4) is 0 Å². The summed E-state index contributed by atoms with van der Waals surface area (Å²) < 4.78 is 0. The Morgan fingerprint density at radius 1 is 1.55 bits per heavy atom. The van der Waals surface area contributed by atoms with E-state index < -0.39 is 11.4 Å². The number of aliphatic carboxylic acids is 1. The third-order valence-electron chi connectivity index (χ3n) is 2.31. The largest absolute Gasteiger partial charge is 0.481 e. The average molecular weight is 160 g/mol. The number of carbonyl (C=O) groups is 1. The molecule has 0 rings (SSSR count). The molecule has 66 valence electrons. The highest BCUT2D eigenvalue weighted by Crippen LogP contribution is 2.29. The molecule has 2 N–H and O–H groups in total. The minimum Gasteiger partial charge on any atom is -0.481 e. The molecule has 1 unspecified atom stereocenters. The zero-order chi connectivity index (χ0) is 9.07.